The molecular formula is C29H30F2N6O2S. The molecule has 3 aromatic carbocycles. The molecule has 0 radical (unpaired) electrons. The molecule has 3 aromatic rings. The van der Waals surface area contributed by atoms with Crippen molar-refractivity contribution >= 4 is 52.6 Å². The van der Waals surface area contributed by atoms with E-state index in [4.69, 9.17) is 16.6 Å². The molecule has 8 nitrogen and oxygen atoms in total. The van der Waals surface area contributed by atoms with E-state index in [9.17, 15) is 13.6 Å². The van der Waals surface area contributed by atoms with E-state index in [-0.39, 0.29) is 17.5 Å². The Morgan fingerprint density at radius 2 is 1.68 bits per heavy atom. The number of alkyl halides is 2. The fourth-order valence-corrected chi connectivity index (χ4v) is 4.62. The van der Waals surface area contributed by atoms with Gasteiger partial charge in [-0.3, -0.25) is 15.1 Å². The van der Waals surface area contributed by atoms with Crippen LogP contribution in [0, 0.1) is 31.6 Å². The van der Waals surface area contributed by atoms with Crippen LogP contribution in [0.4, 0.5) is 20.2 Å². The maximum absolute atomic E-state index is 12.7. The van der Waals surface area contributed by atoms with Crippen LogP contribution in [-0.4, -0.2) is 41.3 Å². The van der Waals surface area contributed by atoms with Gasteiger partial charge in [0.05, 0.1) is 17.1 Å². The highest BCUT2D eigenvalue weighted by molar-refractivity contribution is 8.15. The summed E-state index contributed by atoms with van der Waals surface area (Å²) in [6.45, 7) is 6.68. The molecule has 11 heteroatoms. The van der Waals surface area contributed by atoms with Gasteiger partial charge in [0.15, 0.2) is 5.17 Å². The number of carbonyl (C=O) groups is 1. The van der Waals surface area contributed by atoms with Gasteiger partial charge in [-0.1, -0.05) is 53.7 Å². The second kappa shape index (κ2) is 13.1. The molecule has 208 valence electrons. The van der Waals surface area contributed by atoms with Crippen LogP contribution in [0.3, 0.4) is 0 Å². The van der Waals surface area contributed by atoms with E-state index in [2.05, 4.69) is 14.7 Å². The number of aryl methyl sites for hydroxylation is 3. The molecule has 0 bridgehead atoms. The molecule has 4 rings (SSSR count). The Labute approximate surface area is 236 Å². The predicted octanol–water partition coefficient (Wildman–Crippen LogP) is 6.37. The van der Waals surface area contributed by atoms with Crippen molar-refractivity contribution in [3.8, 4) is 5.75 Å². The van der Waals surface area contributed by atoms with Gasteiger partial charge in [0.25, 0.3) is 0 Å². The Morgan fingerprint density at radius 1 is 1.07 bits per heavy atom. The minimum atomic E-state index is -3.23. The van der Waals surface area contributed by atoms with Crippen molar-refractivity contribution in [2.75, 3.05) is 10.7 Å². The standard InChI is InChI=1S/C17H16F2N4O.C12H14N2OS/c1-17(18,19)24-15-8-6-14(7-9-15)22-11-23-16(21)13-4-2-12(10-20)3-5-13;1-7-4-8(2)11(9(3)5-7)14-10(15)6-16-12(14)13/h2-11,20H,1H3,(H2,21,22,23);4-5,13H,6H2,1-3H3. The van der Waals surface area contributed by atoms with Gasteiger partial charge in [-0.25, -0.2) is 9.98 Å². The summed E-state index contributed by atoms with van der Waals surface area (Å²) in [6.07, 6.45) is -0.707. The molecule has 0 aliphatic carbocycles. The Hall–Kier alpha value is -4.38. The Balaban J connectivity index is 0.000000238. The van der Waals surface area contributed by atoms with Gasteiger partial charge >= 0.3 is 6.11 Å². The lowest BCUT2D eigenvalue weighted by Gasteiger charge is -2.20. The molecule has 0 aromatic heterocycles. The molecular weight excluding hydrogens is 534 g/mol. The molecule has 1 aliphatic heterocycles. The number of nitrogens with one attached hydrogen (secondary N) is 2. The number of rotatable bonds is 7. The first-order valence-electron chi connectivity index (χ1n) is 12.1. The summed E-state index contributed by atoms with van der Waals surface area (Å²) in [7, 11) is 0. The fourth-order valence-electron chi connectivity index (χ4n) is 3.91. The van der Waals surface area contributed by atoms with Gasteiger partial charge < -0.3 is 15.9 Å². The first-order chi connectivity index (χ1) is 18.9. The van der Waals surface area contributed by atoms with Gasteiger partial charge in [-0.05, 0) is 61.7 Å². The maximum atomic E-state index is 12.7. The summed E-state index contributed by atoms with van der Waals surface area (Å²) >= 11 is 1.29. The van der Waals surface area contributed by atoms with Crippen molar-refractivity contribution in [3.05, 3.63) is 88.5 Å². The maximum Gasteiger partial charge on any atom is 0.394 e. The zero-order chi connectivity index (χ0) is 29.4. The lowest BCUT2D eigenvalue weighted by Crippen LogP contribution is -2.30. The van der Waals surface area contributed by atoms with Crippen LogP contribution in [0.2, 0.25) is 0 Å². The van der Waals surface area contributed by atoms with E-state index in [1.807, 2.05) is 32.9 Å². The number of amides is 1. The van der Waals surface area contributed by atoms with Crippen molar-refractivity contribution in [1.82, 2.24) is 0 Å². The van der Waals surface area contributed by atoms with E-state index in [1.165, 1.54) is 59.0 Å². The second-order valence-corrected chi connectivity index (χ2v) is 9.96. The lowest BCUT2D eigenvalue weighted by molar-refractivity contribution is -0.158. The number of carbonyl (C=O) groups excluding carboxylic acids is 1. The van der Waals surface area contributed by atoms with Crippen LogP contribution < -0.4 is 15.4 Å². The number of nitrogens with two attached hydrogens (primary N) is 1. The highest BCUT2D eigenvalue weighted by Crippen LogP contribution is 2.32. The van der Waals surface area contributed by atoms with E-state index in [0.717, 1.165) is 22.4 Å². The Bertz CT molecular complexity index is 1410. The molecule has 1 amide bonds. The SMILES string of the molecule is CC(F)(F)Oc1ccc(N=CN=C(N)c2ccc(C=N)cc2)cc1.Cc1cc(C)c(N2C(=N)SCC2=O)c(C)c1. The number of hydrogen-bond acceptors (Lipinski definition) is 6. The predicted molar refractivity (Wildman–Crippen MR) is 159 cm³/mol. The van der Waals surface area contributed by atoms with E-state index in [1.54, 1.807) is 24.3 Å². The average Bonchev–Trinajstić information content (AvgIpc) is 3.21. The number of nitrogens with zero attached hydrogens (tertiary/aromatic N) is 3. The normalized spacial score (nSPS) is 13.8. The molecule has 4 N–H and O–H groups in total. The highest BCUT2D eigenvalue weighted by atomic mass is 32.2. The van der Waals surface area contributed by atoms with Crippen molar-refractivity contribution in [2.24, 2.45) is 15.7 Å². The number of aliphatic imine (C=N–C) groups is 2. The van der Waals surface area contributed by atoms with Crippen molar-refractivity contribution < 1.29 is 18.3 Å². The van der Waals surface area contributed by atoms with Crippen LogP contribution in [-0.2, 0) is 4.79 Å². The average molecular weight is 565 g/mol. The van der Waals surface area contributed by atoms with Crippen molar-refractivity contribution in [3.63, 3.8) is 0 Å². The first-order valence-corrected chi connectivity index (χ1v) is 13.1. The van der Waals surface area contributed by atoms with Crippen LogP contribution in [0.1, 0.15) is 34.7 Å². The molecule has 1 saturated heterocycles. The molecule has 0 atom stereocenters. The summed E-state index contributed by atoms with van der Waals surface area (Å²) in [4.78, 5) is 21.4. The Kier molecular flexibility index (Phi) is 9.89. The van der Waals surface area contributed by atoms with Gasteiger partial charge in [0.1, 0.15) is 17.9 Å². The van der Waals surface area contributed by atoms with Crippen LogP contribution in [0.25, 0.3) is 0 Å². The van der Waals surface area contributed by atoms with Gasteiger partial charge in [0.2, 0.25) is 5.91 Å². The summed E-state index contributed by atoms with van der Waals surface area (Å²) in [5.41, 5.74) is 12.0. The fraction of sp³-hybridized carbons (Fsp3) is 0.207. The summed E-state index contributed by atoms with van der Waals surface area (Å²) in [6, 6.07) is 17.0. The van der Waals surface area contributed by atoms with Crippen molar-refractivity contribution in [2.45, 2.75) is 33.8 Å². The number of halogens is 2. The molecule has 40 heavy (non-hydrogen) atoms. The number of ether oxygens (including phenoxy) is 1. The van der Waals surface area contributed by atoms with Crippen molar-refractivity contribution in [1.29, 1.82) is 10.8 Å². The zero-order valence-corrected chi connectivity index (χ0v) is 23.4. The number of anilines is 1. The molecule has 1 aliphatic rings. The third kappa shape index (κ3) is 8.31. The summed E-state index contributed by atoms with van der Waals surface area (Å²) in [5.74, 6) is 0.715. The largest absolute Gasteiger partial charge is 0.433 e. The highest BCUT2D eigenvalue weighted by Gasteiger charge is 2.30. The minimum absolute atomic E-state index is 0.00468. The smallest absolute Gasteiger partial charge is 0.394 e. The van der Waals surface area contributed by atoms with E-state index in [0.29, 0.717) is 29.1 Å². The topological polar surface area (TPSA) is 128 Å². The van der Waals surface area contributed by atoms with Crippen LogP contribution in [0.15, 0.2) is 70.6 Å². The molecule has 0 saturated carbocycles. The van der Waals surface area contributed by atoms with E-state index < -0.39 is 6.11 Å². The zero-order valence-electron chi connectivity index (χ0n) is 22.5. The minimum Gasteiger partial charge on any atom is -0.433 e. The van der Waals surface area contributed by atoms with Gasteiger partial charge in [-0.2, -0.15) is 8.78 Å². The number of hydrogen-bond donors (Lipinski definition) is 3. The number of thioether (sulfide) groups is 1. The monoisotopic (exact) mass is 564 g/mol. The lowest BCUT2D eigenvalue weighted by atomic mass is 10.0. The summed E-state index contributed by atoms with van der Waals surface area (Å²) < 4.78 is 29.9. The van der Waals surface area contributed by atoms with E-state index >= 15 is 0 Å². The molecule has 1 fully saturated rings. The quantitative estimate of drug-likeness (QED) is 0.228. The molecule has 0 spiro atoms. The summed E-state index contributed by atoms with van der Waals surface area (Å²) in [5, 5.41) is 15.3. The Morgan fingerprint density at radius 3 is 2.17 bits per heavy atom. The third-order valence-electron chi connectivity index (χ3n) is 5.55. The van der Waals surface area contributed by atoms with Gasteiger partial charge in [-0.15, -0.1) is 0 Å². The molecule has 1 heterocycles. The van der Waals surface area contributed by atoms with Gasteiger partial charge in [0, 0.05) is 18.7 Å². The number of amidine groups is 2. The van der Waals surface area contributed by atoms with Crippen LogP contribution >= 0.6 is 11.8 Å². The number of benzene rings is 3. The van der Waals surface area contributed by atoms with Crippen LogP contribution in [0.5, 0.6) is 5.75 Å². The molecule has 0 unspecified atom stereocenters. The first kappa shape index (κ1) is 30.2. The second-order valence-electron chi connectivity index (χ2n) is 9.00. The third-order valence-corrected chi connectivity index (χ3v) is 6.40.